The Labute approximate surface area is 91.8 Å². The van der Waals surface area contributed by atoms with Crippen LogP contribution in [0.2, 0.25) is 0 Å². The molecule has 1 radical (unpaired) electrons. The van der Waals surface area contributed by atoms with Gasteiger partial charge in [0.05, 0.1) is 0 Å². The monoisotopic (exact) mass is 365 g/mol. The summed E-state index contributed by atoms with van der Waals surface area (Å²) in [5, 5.41) is 0. The lowest BCUT2D eigenvalue weighted by atomic mass is 10.1. The Hall–Kier alpha value is 1.46. The highest BCUT2D eigenvalue weighted by Crippen LogP contribution is 2.17. The van der Waals surface area contributed by atoms with E-state index in [4.69, 9.17) is 0 Å². The summed E-state index contributed by atoms with van der Waals surface area (Å²) in [6, 6.07) is 0. The first kappa shape index (κ1) is 11.5. The van der Waals surface area contributed by atoms with Crippen molar-refractivity contribution in [2.45, 2.75) is 43.0 Å². The molecular formula is C8H15I2. The first-order chi connectivity index (χ1) is 4.81. The van der Waals surface area contributed by atoms with Crippen molar-refractivity contribution in [3.8, 4) is 0 Å². The van der Waals surface area contributed by atoms with Crippen LogP contribution in [0.25, 0.3) is 0 Å². The standard InChI is InChI=1S/C8H15I2/c1-2-3-4-5-6-8(10)7-9/h7-8H,2-6H2,1H3. The lowest BCUT2D eigenvalue weighted by Crippen LogP contribution is -1.92. The van der Waals surface area contributed by atoms with Gasteiger partial charge >= 0.3 is 0 Å². The number of hydrogen-bond donors (Lipinski definition) is 0. The lowest BCUT2D eigenvalue weighted by Gasteiger charge is -2.03. The first-order valence-electron chi connectivity index (χ1n) is 3.89. The quantitative estimate of drug-likeness (QED) is 0.373. The highest BCUT2D eigenvalue weighted by Gasteiger charge is 1.99. The molecule has 1 atom stereocenters. The summed E-state index contributed by atoms with van der Waals surface area (Å²) in [6.07, 6.45) is 6.94. The predicted molar refractivity (Wildman–Crippen MR) is 64.9 cm³/mol. The van der Waals surface area contributed by atoms with E-state index in [0.717, 1.165) is 3.92 Å². The fourth-order valence-electron chi connectivity index (χ4n) is 0.829. The van der Waals surface area contributed by atoms with E-state index < -0.39 is 0 Å². The Morgan fingerprint density at radius 2 is 2.00 bits per heavy atom. The minimum absolute atomic E-state index is 0.787. The van der Waals surface area contributed by atoms with Gasteiger partial charge in [-0.2, -0.15) is 0 Å². The molecule has 0 fully saturated rings. The van der Waals surface area contributed by atoms with Crippen LogP contribution < -0.4 is 0 Å². The van der Waals surface area contributed by atoms with Crippen LogP contribution in [0.1, 0.15) is 39.0 Å². The van der Waals surface area contributed by atoms with Gasteiger partial charge in [0, 0.05) is 8.35 Å². The second-order valence-electron chi connectivity index (χ2n) is 2.49. The fourth-order valence-corrected chi connectivity index (χ4v) is 1.63. The van der Waals surface area contributed by atoms with Crippen molar-refractivity contribution < 1.29 is 0 Å². The highest BCUT2D eigenvalue weighted by atomic mass is 127. The third kappa shape index (κ3) is 7.57. The second kappa shape index (κ2) is 8.56. The number of unbranched alkanes of at least 4 members (excludes halogenated alkanes) is 3. The van der Waals surface area contributed by atoms with Crippen molar-refractivity contribution in [3.05, 3.63) is 4.43 Å². The third-order valence-corrected chi connectivity index (χ3v) is 4.70. The topological polar surface area (TPSA) is 0 Å². The summed E-state index contributed by atoms with van der Waals surface area (Å²) in [5.41, 5.74) is 0. The van der Waals surface area contributed by atoms with Gasteiger partial charge in [-0.25, -0.2) is 0 Å². The average molecular weight is 365 g/mol. The van der Waals surface area contributed by atoms with E-state index in [1.165, 1.54) is 32.1 Å². The van der Waals surface area contributed by atoms with Crippen LogP contribution in [0, 0.1) is 4.43 Å². The molecule has 0 bridgehead atoms. The molecule has 0 saturated carbocycles. The predicted octanol–water partition coefficient (Wildman–Crippen LogP) is 4.36. The molecule has 61 valence electrons. The van der Waals surface area contributed by atoms with Crippen molar-refractivity contribution in [2.24, 2.45) is 0 Å². The summed E-state index contributed by atoms with van der Waals surface area (Å²) < 4.78 is 3.04. The number of rotatable bonds is 6. The maximum atomic E-state index is 2.49. The summed E-state index contributed by atoms with van der Waals surface area (Å²) >= 11 is 4.84. The SMILES string of the molecule is CCCCCCC(I)[CH]I. The largest absolute Gasteiger partial charge is 0.0814 e. The van der Waals surface area contributed by atoms with Crippen LogP contribution in [0.4, 0.5) is 0 Å². The Bertz CT molecular complexity index is 64.3. The molecule has 0 aromatic carbocycles. The molecule has 10 heavy (non-hydrogen) atoms. The summed E-state index contributed by atoms with van der Waals surface area (Å²) in [5.74, 6) is 0. The Balaban J connectivity index is 2.89. The van der Waals surface area contributed by atoms with Gasteiger partial charge in [-0.15, -0.1) is 0 Å². The molecule has 0 nitrogen and oxygen atoms in total. The van der Waals surface area contributed by atoms with Crippen LogP contribution in [0.5, 0.6) is 0 Å². The van der Waals surface area contributed by atoms with Crippen LogP contribution >= 0.6 is 45.2 Å². The van der Waals surface area contributed by atoms with Crippen molar-refractivity contribution in [3.63, 3.8) is 0 Å². The number of alkyl halides is 1. The molecule has 0 N–H and O–H groups in total. The molecule has 0 aliphatic carbocycles. The molecule has 1 unspecified atom stereocenters. The highest BCUT2D eigenvalue weighted by molar-refractivity contribution is 14.1. The lowest BCUT2D eigenvalue weighted by molar-refractivity contribution is 0.645. The van der Waals surface area contributed by atoms with E-state index in [0.29, 0.717) is 0 Å². The maximum Gasteiger partial charge on any atom is 0.0355 e. The normalized spacial score (nSPS) is 13.5. The van der Waals surface area contributed by atoms with E-state index in [1.54, 1.807) is 0 Å². The summed E-state index contributed by atoms with van der Waals surface area (Å²) in [6.45, 7) is 2.26. The first-order valence-corrected chi connectivity index (χ1v) is 6.38. The van der Waals surface area contributed by atoms with Crippen LogP contribution in [-0.2, 0) is 0 Å². The molecule has 2 heteroatoms. The van der Waals surface area contributed by atoms with Gasteiger partial charge in [0.2, 0.25) is 0 Å². The molecule has 0 aromatic heterocycles. The minimum atomic E-state index is 0.787. The van der Waals surface area contributed by atoms with E-state index in [-0.39, 0.29) is 0 Å². The Morgan fingerprint density at radius 1 is 1.30 bits per heavy atom. The molecule has 0 amide bonds. The van der Waals surface area contributed by atoms with E-state index >= 15 is 0 Å². The molecular weight excluding hydrogens is 350 g/mol. The molecule has 0 saturated heterocycles. The zero-order chi connectivity index (χ0) is 7.82. The third-order valence-electron chi connectivity index (χ3n) is 1.47. The molecule has 0 heterocycles. The Morgan fingerprint density at radius 3 is 2.50 bits per heavy atom. The minimum Gasteiger partial charge on any atom is -0.0814 e. The average Bonchev–Trinajstić information content (AvgIpc) is 1.98. The van der Waals surface area contributed by atoms with Crippen LogP contribution in [0.3, 0.4) is 0 Å². The van der Waals surface area contributed by atoms with E-state index in [1.807, 2.05) is 0 Å². The molecule has 0 aliphatic rings. The van der Waals surface area contributed by atoms with Crippen LogP contribution in [-0.4, -0.2) is 3.92 Å². The van der Waals surface area contributed by atoms with Gasteiger partial charge in [0.25, 0.3) is 0 Å². The second-order valence-corrected chi connectivity index (χ2v) is 4.81. The van der Waals surface area contributed by atoms with Gasteiger partial charge in [-0.05, 0) is 6.42 Å². The van der Waals surface area contributed by atoms with Gasteiger partial charge in [0.1, 0.15) is 0 Å². The van der Waals surface area contributed by atoms with E-state index in [9.17, 15) is 0 Å². The van der Waals surface area contributed by atoms with Gasteiger partial charge in [-0.1, -0.05) is 77.8 Å². The summed E-state index contributed by atoms with van der Waals surface area (Å²) in [4.78, 5) is 0. The molecule has 0 rings (SSSR count). The zero-order valence-corrected chi connectivity index (χ0v) is 10.8. The van der Waals surface area contributed by atoms with Crippen molar-refractivity contribution >= 4 is 45.2 Å². The van der Waals surface area contributed by atoms with Crippen molar-refractivity contribution in [1.29, 1.82) is 0 Å². The maximum absolute atomic E-state index is 2.49. The van der Waals surface area contributed by atoms with Crippen molar-refractivity contribution in [2.75, 3.05) is 0 Å². The molecule has 0 spiro atoms. The van der Waals surface area contributed by atoms with Gasteiger partial charge in [0.15, 0.2) is 0 Å². The van der Waals surface area contributed by atoms with Crippen LogP contribution in [0.15, 0.2) is 0 Å². The van der Waals surface area contributed by atoms with Gasteiger partial charge < -0.3 is 0 Å². The Kier molecular flexibility index (Phi) is 9.80. The zero-order valence-electron chi connectivity index (χ0n) is 6.45. The van der Waals surface area contributed by atoms with E-state index in [2.05, 4.69) is 56.5 Å². The summed E-state index contributed by atoms with van der Waals surface area (Å²) in [7, 11) is 0. The smallest absolute Gasteiger partial charge is 0.0355 e. The number of hydrogen-bond acceptors (Lipinski definition) is 0. The molecule has 0 aromatic rings. The number of halogens is 2. The fraction of sp³-hybridized carbons (Fsp3) is 0.875. The van der Waals surface area contributed by atoms with Crippen molar-refractivity contribution in [1.82, 2.24) is 0 Å². The molecule has 0 aliphatic heterocycles. The van der Waals surface area contributed by atoms with Gasteiger partial charge in [-0.3, -0.25) is 0 Å².